The fourth-order valence-corrected chi connectivity index (χ4v) is 5.20. The summed E-state index contributed by atoms with van der Waals surface area (Å²) in [5, 5.41) is 4.20. The molecule has 0 spiro atoms. The van der Waals surface area contributed by atoms with Crippen molar-refractivity contribution in [1.29, 1.82) is 0 Å². The second-order valence-electron chi connectivity index (χ2n) is 9.34. The van der Waals surface area contributed by atoms with Crippen LogP contribution in [-0.4, -0.2) is 53.2 Å². The molecule has 2 aromatic rings. The van der Waals surface area contributed by atoms with Crippen LogP contribution in [0.25, 0.3) is 0 Å². The molecule has 1 unspecified atom stereocenters. The minimum absolute atomic E-state index is 0. The number of nitrogens with zero attached hydrogens (tertiary/aromatic N) is 4. The Bertz CT molecular complexity index is 941. The molecular formula is C22H34Cl3N9. The van der Waals surface area contributed by atoms with E-state index in [0.29, 0.717) is 52.7 Å². The number of hydrogen-bond acceptors (Lipinski definition) is 9. The normalized spacial score (nSPS) is 27.2. The molecule has 0 radical (unpaired) electrons. The van der Waals surface area contributed by atoms with Crippen LogP contribution in [0.3, 0.4) is 0 Å². The summed E-state index contributed by atoms with van der Waals surface area (Å²) in [6, 6.07) is 5.37. The van der Waals surface area contributed by atoms with Crippen LogP contribution in [0.2, 0.25) is 10.0 Å². The molecule has 0 amide bonds. The molecule has 12 heteroatoms. The molecule has 0 bridgehead atoms. The van der Waals surface area contributed by atoms with Gasteiger partial charge in [0.2, 0.25) is 11.9 Å². The van der Waals surface area contributed by atoms with E-state index in [9.17, 15) is 0 Å². The van der Waals surface area contributed by atoms with Gasteiger partial charge in [0.15, 0.2) is 0 Å². The molecule has 9 N–H and O–H groups in total. The zero-order valence-corrected chi connectivity index (χ0v) is 21.4. The zero-order chi connectivity index (χ0) is 23.5. The number of nitrogens with one attached hydrogen (secondary N) is 1. The van der Waals surface area contributed by atoms with Crippen LogP contribution in [-0.2, 0) is 0 Å². The second kappa shape index (κ2) is 12.0. The second-order valence-corrected chi connectivity index (χ2v) is 10.2. The van der Waals surface area contributed by atoms with Crippen molar-refractivity contribution >= 4 is 53.2 Å². The molecule has 4 rings (SSSR count). The van der Waals surface area contributed by atoms with E-state index < -0.39 is 0 Å². The summed E-state index contributed by atoms with van der Waals surface area (Å²) in [6.07, 6.45) is 3.41. The first kappa shape index (κ1) is 27.1. The SMILES string of the molecule is Cl.NC[C@@H]1C[C@H](CN)CN(c2nc(Nc3ccc(Cl)c(Cl)c3)nc(C3C[C@@H](N)C[C@@H](N)C3)n2)C1. The minimum atomic E-state index is 0. The van der Waals surface area contributed by atoms with Gasteiger partial charge in [-0.15, -0.1) is 12.4 Å². The van der Waals surface area contributed by atoms with Gasteiger partial charge in [-0.1, -0.05) is 23.2 Å². The molecule has 2 fully saturated rings. The molecule has 5 atom stereocenters. The fraction of sp³-hybridized carbons (Fsp3) is 0.591. The average Bonchev–Trinajstić information content (AvgIpc) is 2.80. The largest absolute Gasteiger partial charge is 0.340 e. The van der Waals surface area contributed by atoms with Gasteiger partial charge >= 0.3 is 0 Å². The molecule has 1 saturated heterocycles. The maximum absolute atomic E-state index is 6.27. The molecule has 1 aliphatic heterocycles. The van der Waals surface area contributed by atoms with Crippen LogP contribution in [0.4, 0.5) is 17.6 Å². The topological polar surface area (TPSA) is 158 Å². The smallest absolute Gasteiger partial charge is 0.232 e. The third-order valence-corrected chi connectivity index (χ3v) is 7.27. The first-order valence-corrected chi connectivity index (χ1v) is 12.2. The van der Waals surface area contributed by atoms with Crippen LogP contribution in [0.15, 0.2) is 18.2 Å². The molecule has 1 saturated carbocycles. The van der Waals surface area contributed by atoms with Crippen LogP contribution in [0.1, 0.15) is 37.4 Å². The van der Waals surface area contributed by atoms with Gasteiger partial charge in [-0.05, 0) is 68.8 Å². The van der Waals surface area contributed by atoms with Gasteiger partial charge in [0.1, 0.15) is 5.82 Å². The molecular weight excluding hydrogens is 497 g/mol. The standard InChI is InChI=1S/C22H33Cl2N9.ClH/c23-18-2-1-17(7-19(18)24)29-21-30-20(14-4-15(27)6-16(28)5-14)31-22(32-21)33-10-12(8-25)3-13(9-26)11-33;/h1-2,7,12-16H,3-6,8-11,25-28H2,(H,29,30,31,32);1H/t12-,13+,14?,15-,16+;. The Balaban J connectivity index is 0.00000324. The lowest BCUT2D eigenvalue weighted by molar-refractivity contribution is 0.324. The Labute approximate surface area is 216 Å². The number of anilines is 3. The first-order chi connectivity index (χ1) is 15.8. The van der Waals surface area contributed by atoms with Crippen LogP contribution >= 0.6 is 35.6 Å². The highest BCUT2D eigenvalue weighted by molar-refractivity contribution is 6.42. The quantitative estimate of drug-likeness (QED) is 0.378. The van der Waals surface area contributed by atoms with Gasteiger partial charge in [-0.25, -0.2) is 0 Å². The van der Waals surface area contributed by atoms with E-state index in [2.05, 4.69) is 10.2 Å². The summed E-state index contributed by atoms with van der Waals surface area (Å²) in [7, 11) is 0. The molecule has 2 heterocycles. The molecule has 188 valence electrons. The summed E-state index contributed by atoms with van der Waals surface area (Å²) in [4.78, 5) is 16.6. The van der Waals surface area contributed by atoms with Crippen molar-refractivity contribution in [2.24, 2.45) is 34.8 Å². The lowest BCUT2D eigenvalue weighted by Gasteiger charge is -2.37. The highest BCUT2D eigenvalue weighted by atomic mass is 35.5. The van der Waals surface area contributed by atoms with Crippen molar-refractivity contribution in [3.05, 3.63) is 34.1 Å². The van der Waals surface area contributed by atoms with Crippen molar-refractivity contribution < 1.29 is 0 Å². The van der Waals surface area contributed by atoms with Gasteiger partial charge in [0, 0.05) is 36.8 Å². The van der Waals surface area contributed by atoms with Gasteiger partial charge in [0.25, 0.3) is 0 Å². The Morgan fingerprint density at radius 2 is 1.53 bits per heavy atom. The van der Waals surface area contributed by atoms with Crippen LogP contribution < -0.4 is 33.2 Å². The number of hydrogen-bond donors (Lipinski definition) is 5. The molecule has 9 nitrogen and oxygen atoms in total. The maximum atomic E-state index is 6.27. The lowest BCUT2D eigenvalue weighted by atomic mass is 9.83. The Morgan fingerprint density at radius 1 is 0.882 bits per heavy atom. The molecule has 1 aromatic carbocycles. The van der Waals surface area contributed by atoms with E-state index in [1.54, 1.807) is 12.1 Å². The summed E-state index contributed by atoms with van der Waals surface area (Å²) in [5.74, 6) is 2.52. The number of piperidine rings is 1. The maximum Gasteiger partial charge on any atom is 0.232 e. The van der Waals surface area contributed by atoms with Gasteiger partial charge < -0.3 is 33.2 Å². The summed E-state index contributed by atoms with van der Waals surface area (Å²) in [6.45, 7) is 2.77. The predicted octanol–water partition coefficient (Wildman–Crippen LogP) is 2.63. The van der Waals surface area contributed by atoms with E-state index in [-0.39, 0.29) is 30.4 Å². The zero-order valence-electron chi connectivity index (χ0n) is 19.0. The molecule has 2 aliphatic rings. The van der Waals surface area contributed by atoms with Gasteiger partial charge in [0.05, 0.1) is 10.0 Å². The van der Waals surface area contributed by atoms with Crippen LogP contribution in [0, 0.1) is 11.8 Å². The lowest BCUT2D eigenvalue weighted by Crippen LogP contribution is -2.46. The summed E-state index contributed by atoms with van der Waals surface area (Å²) in [5.41, 5.74) is 25.3. The van der Waals surface area contributed by atoms with Gasteiger partial charge in [-0.3, -0.25) is 0 Å². The minimum Gasteiger partial charge on any atom is -0.340 e. The van der Waals surface area contributed by atoms with Gasteiger partial charge in [-0.2, -0.15) is 15.0 Å². The van der Waals surface area contributed by atoms with Crippen molar-refractivity contribution in [2.75, 3.05) is 36.4 Å². The van der Waals surface area contributed by atoms with E-state index in [4.69, 9.17) is 61.1 Å². The number of aromatic nitrogens is 3. The van der Waals surface area contributed by atoms with Crippen molar-refractivity contribution in [3.63, 3.8) is 0 Å². The fourth-order valence-electron chi connectivity index (χ4n) is 4.91. The summed E-state index contributed by atoms with van der Waals surface area (Å²) < 4.78 is 0. The molecule has 34 heavy (non-hydrogen) atoms. The molecule has 1 aliphatic carbocycles. The monoisotopic (exact) mass is 529 g/mol. The third-order valence-electron chi connectivity index (χ3n) is 6.54. The van der Waals surface area contributed by atoms with Crippen molar-refractivity contribution in [1.82, 2.24) is 15.0 Å². The van der Waals surface area contributed by atoms with Crippen molar-refractivity contribution in [3.8, 4) is 0 Å². The Hall–Kier alpha value is -1.46. The average molecular weight is 531 g/mol. The number of nitrogens with two attached hydrogens (primary N) is 4. The van der Waals surface area contributed by atoms with Crippen LogP contribution in [0.5, 0.6) is 0 Å². The summed E-state index contributed by atoms with van der Waals surface area (Å²) >= 11 is 12.3. The first-order valence-electron chi connectivity index (χ1n) is 11.5. The number of rotatable bonds is 6. The van der Waals surface area contributed by atoms with E-state index in [1.165, 1.54) is 0 Å². The number of halogens is 3. The predicted molar refractivity (Wildman–Crippen MR) is 141 cm³/mol. The highest BCUT2D eigenvalue weighted by Crippen LogP contribution is 2.33. The van der Waals surface area contributed by atoms with E-state index in [0.717, 1.165) is 44.5 Å². The number of benzene rings is 1. The third kappa shape index (κ3) is 6.60. The highest BCUT2D eigenvalue weighted by Gasteiger charge is 2.31. The van der Waals surface area contributed by atoms with E-state index in [1.807, 2.05) is 6.07 Å². The Morgan fingerprint density at radius 3 is 2.12 bits per heavy atom. The van der Waals surface area contributed by atoms with Crippen molar-refractivity contribution in [2.45, 2.75) is 43.7 Å². The Kier molecular flexibility index (Phi) is 9.57. The van der Waals surface area contributed by atoms with E-state index >= 15 is 0 Å². The molecule has 1 aromatic heterocycles.